The summed E-state index contributed by atoms with van der Waals surface area (Å²) in [5.74, 6) is 2.57. The van der Waals surface area contributed by atoms with Crippen molar-refractivity contribution in [2.75, 3.05) is 47.0 Å². The van der Waals surface area contributed by atoms with Crippen molar-refractivity contribution in [1.29, 1.82) is 0 Å². The fraction of sp³-hybridized carbons (Fsp3) is 0.480. The number of carbonyl (C=O) groups excluding carboxylic acids is 1. The second kappa shape index (κ2) is 12.3. The number of hydrogen-bond acceptors (Lipinski definition) is 6. The normalized spacial score (nSPS) is 14.6. The number of carbonyl (C=O) groups is 1. The minimum absolute atomic E-state index is 0.229. The Morgan fingerprint density at radius 3 is 2.34 bits per heavy atom. The molecule has 0 radical (unpaired) electrons. The average molecular weight is 443 g/mol. The lowest BCUT2D eigenvalue weighted by molar-refractivity contribution is -0.127. The van der Waals surface area contributed by atoms with Crippen LogP contribution in [-0.2, 0) is 11.3 Å². The Kier molecular flexibility index (Phi) is 9.19. The van der Waals surface area contributed by atoms with Crippen LogP contribution in [-0.4, -0.2) is 73.9 Å². The molecule has 0 saturated carbocycles. The standard InChI is InChI=1S/C25H34N2O5/c1-26(18-21(28)19-32-24-12-10-22(30-2)11-13-24)17-20-6-8-23(9-7-20)31-16-4-15-27-14-3-5-25(27)29/h6-13,21,28H,3-5,14-19H2,1-2H3. The fourth-order valence-corrected chi connectivity index (χ4v) is 3.73. The maximum absolute atomic E-state index is 11.6. The molecule has 0 spiro atoms. The number of aliphatic hydroxyl groups is 1. The summed E-state index contributed by atoms with van der Waals surface area (Å²) in [7, 11) is 3.59. The van der Waals surface area contributed by atoms with E-state index in [2.05, 4.69) is 4.90 Å². The minimum Gasteiger partial charge on any atom is -0.497 e. The maximum atomic E-state index is 11.6. The number of likely N-dealkylation sites (N-methyl/N-ethyl adjacent to an activating group) is 1. The Hall–Kier alpha value is -2.77. The summed E-state index contributed by atoms with van der Waals surface area (Å²) in [6.07, 6.45) is 1.91. The molecule has 1 heterocycles. The van der Waals surface area contributed by atoms with Gasteiger partial charge in [0, 0.05) is 32.6 Å². The van der Waals surface area contributed by atoms with Crippen molar-refractivity contribution in [2.24, 2.45) is 0 Å². The highest BCUT2D eigenvalue weighted by Crippen LogP contribution is 2.18. The van der Waals surface area contributed by atoms with Gasteiger partial charge in [0.05, 0.1) is 13.7 Å². The van der Waals surface area contributed by atoms with Crippen LogP contribution in [0.4, 0.5) is 0 Å². The summed E-state index contributed by atoms with van der Waals surface area (Å²) >= 11 is 0. The van der Waals surface area contributed by atoms with Crippen molar-refractivity contribution >= 4 is 5.91 Å². The van der Waals surface area contributed by atoms with Crippen LogP contribution in [0.2, 0.25) is 0 Å². The van der Waals surface area contributed by atoms with Crippen LogP contribution in [0.3, 0.4) is 0 Å². The van der Waals surface area contributed by atoms with Gasteiger partial charge in [-0.2, -0.15) is 0 Å². The first-order chi connectivity index (χ1) is 15.5. The smallest absolute Gasteiger partial charge is 0.222 e. The minimum atomic E-state index is -0.591. The van der Waals surface area contributed by atoms with Gasteiger partial charge in [-0.3, -0.25) is 9.69 Å². The molecule has 3 rings (SSSR count). The van der Waals surface area contributed by atoms with Crippen molar-refractivity contribution in [3.05, 3.63) is 54.1 Å². The average Bonchev–Trinajstić information content (AvgIpc) is 3.21. The lowest BCUT2D eigenvalue weighted by Gasteiger charge is -2.21. The highest BCUT2D eigenvalue weighted by Gasteiger charge is 2.19. The van der Waals surface area contributed by atoms with E-state index in [-0.39, 0.29) is 12.5 Å². The molecular weight excluding hydrogens is 408 g/mol. The largest absolute Gasteiger partial charge is 0.497 e. The van der Waals surface area contributed by atoms with E-state index in [0.717, 1.165) is 49.5 Å². The zero-order valence-electron chi connectivity index (χ0n) is 19.0. The molecule has 0 bridgehead atoms. The maximum Gasteiger partial charge on any atom is 0.222 e. The molecule has 7 heteroatoms. The number of likely N-dealkylation sites (tertiary alicyclic amines) is 1. The van der Waals surface area contributed by atoms with E-state index in [1.807, 2.05) is 60.5 Å². The number of nitrogens with zero attached hydrogens (tertiary/aromatic N) is 2. The van der Waals surface area contributed by atoms with Gasteiger partial charge in [-0.25, -0.2) is 0 Å². The van der Waals surface area contributed by atoms with Crippen molar-refractivity contribution in [2.45, 2.75) is 31.9 Å². The summed E-state index contributed by atoms with van der Waals surface area (Å²) in [6.45, 7) is 3.70. The molecule has 1 saturated heterocycles. The van der Waals surface area contributed by atoms with Gasteiger partial charge in [-0.15, -0.1) is 0 Å². The molecule has 32 heavy (non-hydrogen) atoms. The van der Waals surface area contributed by atoms with E-state index < -0.39 is 6.10 Å². The van der Waals surface area contributed by atoms with Gasteiger partial charge in [-0.05, 0) is 61.9 Å². The number of aliphatic hydroxyl groups excluding tert-OH is 1. The van der Waals surface area contributed by atoms with Gasteiger partial charge >= 0.3 is 0 Å². The van der Waals surface area contributed by atoms with Gasteiger partial charge in [-0.1, -0.05) is 12.1 Å². The molecule has 1 aliphatic heterocycles. The highest BCUT2D eigenvalue weighted by atomic mass is 16.5. The van der Waals surface area contributed by atoms with Crippen molar-refractivity contribution < 1.29 is 24.1 Å². The Morgan fingerprint density at radius 2 is 1.69 bits per heavy atom. The van der Waals surface area contributed by atoms with Gasteiger partial charge < -0.3 is 24.2 Å². The third-order valence-corrected chi connectivity index (χ3v) is 5.41. The molecule has 174 valence electrons. The number of hydrogen-bond donors (Lipinski definition) is 1. The fourth-order valence-electron chi connectivity index (χ4n) is 3.73. The lowest BCUT2D eigenvalue weighted by Crippen LogP contribution is -2.32. The quantitative estimate of drug-likeness (QED) is 0.481. The van der Waals surface area contributed by atoms with E-state index in [0.29, 0.717) is 25.3 Å². The Labute approximate surface area is 190 Å². The number of rotatable bonds is 13. The van der Waals surface area contributed by atoms with Crippen LogP contribution >= 0.6 is 0 Å². The summed E-state index contributed by atoms with van der Waals surface area (Å²) in [5, 5.41) is 10.3. The van der Waals surface area contributed by atoms with Crippen molar-refractivity contribution in [3.63, 3.8) is 0 Å². The second-order valence-electron chi connectivity index (χ2n) is 8.17. The molecule has 1 aliphatic rings. The van der Waals surface area contributed by atoms with Crippen LogP contribution in [0.5, 0.6) is 17.2 Å². The van der Waals surface area contributed by atoms with Crippen LogP contribution < -0.4 is 14.2 Å². The number of methoxy groups -OCH3 is 1. The van der Waals surface area contributed by atoms with Crippen LogP contribution in [0, 0.1) is 0 Å². The first-order valence-corrected chi connectivity index (χ1v) is 11.2. The zero-order chi connectivity index (χ0) is 22.8. The van der Waals surface area contributed by atoms with Crippen LogP contribution in [0.15, 0.2) is 48.5 Å². The van der Waals surface area contributed by atoms with Gasteiger partial charge in [0.15, 0.2) is 0 Å². The third-order valence-electron chi connectivity index (χ3n) is 5.41. The molecule has 1 amide bonds. The molecule has 2 aromatic carbocycles. The number of benzene rings is 2. The predicted molar refractivity (Wildman–Crippen MR) is 123 cm³/mol. The monoisotopic (exact) mass is 442 g/mol. The summed E-state index contributed by atoms with van der Waals surface area (Å²) in [5.41, 5.74) is 1.14. The van der Waals surface area contributed by atoms with Crippen LogP contribution in [0.1, 0.15) is 24.8 Å². The SMILES string of the molecule is COc1ccc(OCC(O)CN(C)Cc2ccc(OCCCN3CCCC3=O)cc2)cc1. The van der Waals surface area contributed by atoms with E-state index in [1.54, 1.807) is 7.11 Å². The van der Waals surface area contributed by atoms with E-state index in [1.165, 1.54) is 0 Å². The molecule has 1 N–H and O–H groups in total. The van der Waals surface area contributed by atoms with E-state index >= 15 is 0 Å². The summed E-state index contributed by atoms with van der Waals surface area (Å²) in [6, 6.07) is 15.3. The second-order valence-corrected chi connectivity index (χ2v) is 8.17. The van der Waals surface area contributed by atoms with Crippen molar-refractivity contribution in [3.8, 4) is 17.2 Å². The van der Waals surface area contributed by atoms with E-state index in [4.69, 9.17) is 14.2 Å². The molecule has 7 nitrogen and oxygen atoms in total. The number of ether oxygens (including phenoxy) is 3. The van der Waals surface area contributed by atoms with E-state index in [9.17, 15) is 9.90 Å². The molecule has 1 unspecified atom stereocenters. The topological polar surface area (TPSA) is 71.5 Å². The Morgan fingerprint density at radius 1 is 1.03 bits per heavy atom. The lowest BCUT2D eigenvalue weighted by atomic mass is 10.2. The summed E-state index contributed by atoms with van der Waals surface area (Å²) < 4.78 is 16.6. The molecular formula is C25H34N2O5. The van der Waals surface area contributed by atoms with Crippen molar-refractivity contribution in [1.82, 2.24) is 9.80 Å². The van der Waals surface area contributed by atoms with Crippen LogP contribution in [0.25, 0.3) is 0 Å². The molecule has 1 atom stereocenters. The summed E-state index contributed by atoms with van der Waals surface area (Å²) in [4.78, 5) is 15.6. The van der Waals surface area contributed by atoms with Gasteiger partial charge in [0.25, 0.3) is 0 Å². The highest BCUT2D eigenvalue weighted by molar-refractivity contribution is 5.77. The van der Waals surface area contributed by atoms with Gasteiger partial charge in [0.2, 0.25) is 5.91 Å². The first kappa shape index (κ1) is 23.9. The molecule has 2 aromatic rings. The number of amides is 1. The Bertz CT molecular complexity index is 825. The first-order valence-electron chi connectivity index (χ1n) is 11.2. The zero-order valence-corrected chi connectivity index (χ0v) is 19.0. The third kappa shape index (κ3) is 7.73. The molecule has 1 fully saturated rings. The molecule has 0 aliphatic carbocycles. The van der Waals surface area contributed by atoms with Gasteiger partial charge in [0.1, 0.15) is 30.0 Å². The molecule has 0 aromatic heterocycles. The Balaban J connectivity index is 1.32. The predicted octanol–water partition coefficient (Wildman–Crippen LogP) is 2.96.